The van der Waals surface area contributed by atoms with E-state index in [1.807, 2.05) is 18.2 Å². The summed E-state index contributed by atoms with van der Waals surface area (Å²) >= 11 is 0. The molecule has 0 aliphatic rings. The third-order valence-electron chi connectivity index (χ3n) is 5.36. The zero-order valence-corrected chi connectivity index (χ0v) is 16.0. The second-order valence-electron chi connectivity index (χ2n) is 7.35. The third kappa shape index (κ3) is 3.60. The molecule has 0 atom stereocenters. The molecule has 5 rings (SSSR count). The molecule has 0 aliphatic carbocycles. The standard InChI is InChI=1S/C28H19B/c29-28-18-26(20-6-2-1-3-7-20)17-27(19-28)23-12-10-22(11-13-23)25-15-14-21-8-4-5-9-24(21)16-25/h1-19H. The van der Waals surface area contributed by atoms with Gasteiger partial charge in [-0.15, -0.1) is 0 Å². The lowest BCUT2D eigenvalue weighted by atomic mass is 9.88. The Labute approximate surface area is 172 Å². The molecule has 2 radical (unpaired) electrons. The van der Waals surface area contributed by atoms with Gasteiger partial charge in [-0.2, -0.15) is 0 Å². The second-order valence-corrected chi connectivity index (χ2v) is 7.35. The molecule has 0 unspecified atom stereocenters. The molecule has 0 bridgehead atoms. The van der Waals surface area contributed by atoms with Crippen LogP contribution in [0.15, 0.2) is 115 Å². The van der Waals surface area contributed by atoms with E-state index in [-0.39, 0.29) is 0 Å². The average molecular weight is 366 g/mol. The van der Waals surface area contributed by atoms with Crippen molar-refractivity contribution in [3.8, 4) is 33.4 Å². The summed E-state index contributed by atoms with van der Waals surface area (Å²) in [5, 5.41) is 2.53. The van der Waals surface area contributed by atoms with Crippen LogP contribution >= 0.6 is 0 Å². The van der Waals surface area contributed by atoms with Gasteiger partial charge in [0.1, 0.15) is 7.85 Å². The SMILES string of the molecule is [B]c1cc(-c2ccccc2)cc(-c2ccc(-c3ccc4ccccc4c3)cc2)c1. The summed E-state index contributed by atoms with van der Waals surface area (Å²) in [4.78, 5) is 0. The van der Waals surface area contributed by atoms with Gasteiger partial charge in [0.05, 0.1) is 0 Å². The van der Waals surface area contributed by atoms with Crippen LogP contribution in [0.2, 0.25) is 0 Å². The van der Waals surface area contributed by atoms with Crippen molar-refractivity contribution in [2.24, 2.45) is 0 Å². The Bertz CT molecular complexity index is 1290. The molecule has 134 valence electrons. The van der Waals surface area contributed by atoms with Crippen molar-refractivity contribution < 1.29 is 0 Å². The minimum Gasteiger partial charge on any atom is -0.0955 e. The van der Waals surface area contributed by atoms with Crippen LogP contribution in [0.4, 0.5) is 0 Å². The number of benzene rings is 5. The molecule has 0 spiro atoms. The van der Waals surface area contributed by atoms with Crippen LogP contribution in [0.5, 0.6) is 0 Å². The van der Waals surface area contributed by atoms with Crippen molar-refractivity contribution in [3.63, 3.8) is 0 Å². The Balaban J connectivity index is 1.51. The Morgan fingerprint density at radius 3 is 1.55 bits per heavy atom. The van der Waals surface area contributed by atoms with E-state index < -0.39 is 0 Å². The quantitative estimate of drug-likeness (QED) is 0.314. The molecule has 0 nitrogen and oxygen atoms in total. The van der Waals surface area contributed by atoms with Crippen LogP contribution in [-0.2, 0) is 0 Å². The molecule has 0 N–H and O–H groups in total. The molecule has 0 saturated heterocycles. The summed E-state index contributed by atoms with van der Waals surface area (Å²) in [6.45, 7) is 0. The van der Waals surface area contributed by atoms with Gasteiger partial charge >= 0.3 is 0 Å². The highest BCUT2D eigenvalue weighted by atomic mass is 14.1. The number of rotatable bonds is 3. The van der Waals surface area contributed by atoms with E-state index in [4.69, 9.17) is 7.85 Å². The molecule has 0 aromatic heterocycles. The molecule has 5 aromatic carbocycles. The van der Waals surface area contributed by atoms with Crippen molar-refractivity contribution in [1.82, 2.24) is 0 Å². The normalized spacial score (nSPS) is 10.9. The van der Waals surface area contributed by atoms with Crippen LogP contribution in [0.3, 0.4) is 0 Å². The smallest absolute Gasteiger partial charge is 0.0955 e. The molecule has 0 aliphatic heterocycles. The van der Waals surface area contributed by atoms with Crippen LogP contribution in [-0.4, -0.2) is 7.85 Å². The highest BCUT2D eigenvalue weighted by Crippen LogP contribution is 2.29. The first-order valence-corrected chi connectivity index (χ1v) is 9.82. The summed E-state index contributed by atoms with van der Waals surface area (Å²) in [6, 6.07) is 40.4. The van der Waals surface area contributed by atoms with E-state index in [1.165, 1.54) is 33.0 Å². The van der Waals surface area contributed by atoms with Crippen LogP contribution < -0.4 is 5.46 Å². The van der Waals surface area contributed by atoms with Crippen LogP contribution in [0.1, 0.15) is 0 Å². The molecule has 0 saturated carbocycles. The maximum Gasteiger partial charge on any atom is 0.113 e. The average Bonchev–Trinajstić information content (AvgIpc) is 2.79. The van der Waals surface area contributed by atoms with Gasteiger partial charge < -0.3 is 0 Å². The van der Waals surface area contributed by atoms with Gasteiger partial charge in [-0.05, 0) is 56.3 Å². The first-order valence-electron chi connectivity index (χ1n) is 9.82. The molecule has 0 heterocycles. The van der Waals surface area contributed by atoms with Gasteiger partial charge in [0.15, 0.2) is 0 Å². The van der Waals surface area contributed by atoms with Gasteiger partial charge in [-0.25, -0.2) is 0 Å². The predicted molar refractivity (Wildman–Crippen MR) is 126 cm³/mol. The molecule has 5 aromatic rings. The fourth-order valence-electron chi connectivity index (χ4n) is 3.84. The van der Waals surface area contributed by atoms with Crippen molar-refractivity contribution in [3.05, 3.63) is 115 Å². The maximum absolute atomic E-state index is 6.21. The third-order valence-corrected chi connectivity index (χ3v) is 5.36. The van der Waals surface area contributed by atoms with Gasteiger partial charge in [0.25, 0.3) is 0 Å². The van der Waals surface area contributed by atoms with Crippen molar-refractivity contribution in [2.75, 3.05) is 0 Å². The fraction of sp³-hybridized carbons (Fsp3) is 0. The van der Waals surface area contributed by atoms with E-state index in [0.717, 1.165) is 16.6 Å². The summed E-state index contributed by atoms with van der Waals surface area (Å²) in [5.74, 6) is 0. The monoisotopic (exact) mass is 366 g/mol. The minimum absolute atomic E-state index is 0.778. The molecule has 1 heteroatoms. The summed E-state index contributed by atoms with van der Waals surface area (Å²) < 4.78 is 0. The van der Waals surface area contributed by atoms with E-state index >= 15 is 0 Å². The van der Waals surface area contributed by atoms with E-state index in [2.05, 4.69) is 97.1 Å². The molecular formula is C28H19B. The number of hydrogen-bond acceptors (Lipinski definition) is 0. The Morgan fingerprint density at radius 1 is 0.345 bits per heavy atom. The van der Waals surface area contributed by atoms with Gasteiger partial charge in [0, 0.05) is 0 Å². The van der Waals surface area contributed by atoms with E-state index in [9.17, 15) is 0 Å². The highest BCUT2D eigenvalue weighted by molar-refractivity contribution is 6.33. The largest absolute Gasteiger partial charge is 0.113 e. The second kappa shape index (κ2) is 7.45. The Morgan fingerprint density at radius 2 is 0.862 bits per heavy atom. The Kier molecular flexibility index (Phi) is 4.50. The number of fused-ring (bicyclic) bond motifs is 1. The lowest BCUT2D eigenvalue weighted by Gasteiger charge is -2.10. The van der Waals surface area contributed by atoms with Crippen LogP contribution in [0.25, 0.3) is 44.2 Å². The summed E-state index contributed by atoms with van der Waals surface area (Å²) in [7, 11) is 6.21. The maximum atomic E-state index is 6.21. The zero-order valence-electron chi connectivity index (χ0n) is 16.0. The van der Waals surface area contributed by atoms with Crippen molar-refractivity contribution in [1.29, 1.82) is 0 Å². The van der Waals surface area contributed by atoms with Crippen LogP contribution in [0, 0.1) is 0 Å². The summed E-state index contributed by atoms with van der Waals surface area (Å²) in [6.07, 6.45) is 0. The zero-order chi connectivity index (χ0) is 19.6. The minimum atomic E-state index is 0.778. The van der Waals surface area contributed by atoms with Gasteiger partial charge in [-0.3, -0.25) is 0 Å². The topological polar surface area (TPSA) is 0 Å². The molecular weight excluding hydrogens is 347 g/mol. The first-order chi connectivity index (χ1) is 14.3. The van der Waals surface area contributed by atoms with E-state index in [0.29, 0.717) is 0 Å². The summed E-state index contributed by atoms with van der Waals surface area (Å²) in [5.41, 5.74) is 7.83. The fourth-order valence-corrected chi connectivity index (χ4v) is 3.84. The molecule has 0 amide bonds. The van der Waals surface area contributed by atoms with Gasteiger partial charge in [-0.1, -0.05) is 109 Å². The van der Waals surface area contributed by atoms with E-state index in [1.54, 1.807) is 0 Å². The number of hydrogen-bond donors (Lipinski definition) is 0. The predicted octanol–water partition coefficient (Wildman–Crippen LogP) is 6.63. The van der Waals surface area contributed by atoms with Crippen molar-refractivity contribution in [2.45, 2.75) is 0 Å². The molecule has 0 fully saturated rings. The van der Waals surface area contributed by atoms with Gasteiger partial charge in [0.2, 0.25) is 0 Å². The lowest BCUT2D eigenvalue weighted by Crippen LogP contribution is -2.02. The van der Waals surface area contributed by atoms with Crippen molar-refractivity contribution >= 4 is 24.1 Å². The lowest BCUT2D eigenvalue weighted by molar-refractivity contribution is 1.59. The Hall–Kier alpha value is -3.58. The highest BCUT2D eigenvalue weighted by Gasteiger charge is 2.05. The molecule has 29 heavy (non-hydrogen) atoms. The first kappa shape index (κ1) is 17.5.